The molecule has 0 saturated carbocycles. The summed E-state index contributed by atoms with van der Waals surface area (Å²) in [5, 5.41) is 3.46. The van der Waals surface area contributed by atoms with E-state index in [-0.39, 0.29) is 0 Å². The van der Waals surface area contributed by atoms with Crippen molar-refractivity contribution in [2.24, 2.45) is 0 Å². The summed E-state index contributed by atoms with van der Waals surface area (Å²) in [5.41, 5.74) is 1.32. The molecule has 0 amide bonds. The summed E-state index contributed by atoms with van der Waals surface area (Å²) in [6.45, 7) is 6.47. The van der Waals surface area contributed by atoms with Crippen LogP contribution < -0.4 is 5.32 Å². The fraction of sp³-hybridized carbons (Fsp3) is 0.750. The maximum Gasteiger partial charge on any atom is 0.0948 e. The Bertz CT molecular complexity index is 315. The molecule has 1 N–H and O–H groups in total. The monoisotopic (exact) mass is 222 g/mol. The van der Waals surface area contributed by atoms with Crippen molar-refractivity contribution >= 4 is 0 Å². The fourth-order valence-electron chi connectivity index (χ4n) is 2.36. The van der Waals surface area contributed by atoms with Gasteiger partial charge in [0.2, 0.25) is 0 Å². The molecular weight excluding hydrogens is 200 g/mol. The average molecular weight is 222 g/mol. The SMILES string of the molecule is CCn1cncc1CN(C)C1CCCNC1. The molecule has 0 aliphatic carbocycles. The van der Waals surface area contributed by atoms with Crippen molar-refractivity contribution in [2.45, 2.75) is 38.9 Å². The number of rotatable bonds is 4. The number of imidazole rings is 1. The minimum atomic E-state index is 0.675. The van der Waals surface area contributed by atoms with E-state index in [1.807, 2.05) is 12.5 Å². The standard InChI is InChI=1S/C12H22N4/c1-3-16-10-14-8-12(16)9-15(2)11-5-4-6-13-7-11/h8,10-11,13H,3-7,9H2,1-2H3. The molecule has 0 spiro atoms. The van der Waals surface area contributed by atoms with Gasteiger partial charge in [0.05, 0.1) is 12.0 Å². The summed E-state index contributed by atoms with van der Waals surface area (Å²) in [5.74, 6) is 0. The maximum absolute atomic E-state index is 4.21. The van der Waals surface area contributed by atoms with Gasteiger partial charge in [0, 0.05) is 31.9 Å². The van der Waals surface area contributed by atoms with Crippen molar-refractivity contribution in [3.63, 3.8) is 0 Å². The first-order valence-corrected chi connectivity index (χ1v) is 6.21. The highest BCUT2D eigenvalue weighted by atomic mass is 15.2. The zero-order valence-corrected chi connectivity index (χ0v) is 10.3. The molecule has 1 saturated heterocycles. The van der Waals surface area contributed by atoms with Crippen molar-refractivity contribution in [1.29, 1.82) is 0 Å². The van der Waals surface area contributed by atoms with Crippen LogP contribution in [0.1, 0.15) is 25.5 Å². The number of aromatic nitrogens is 2. The van der Waals surface area contributed by atoms with Gasteiger partial charge in [-0.3, -0.25) is 4.90 Å². The normalized spacial score (nSPS) is 21.6. The van der Waals surface area contributed by atoms with Gasteiger partial charge in [-0.2, -0.15) is 0 Å². The number of likely N-dealkylation sites (N-methyl/N-ethyl adjacent to an activating group) is 1. The Balaban J connectivity index is 1.93. The zero-order valence-electron chi connectivity index (χ0n) is 10.3. The number of nitrogens with zero attached hydrogens (tertiary/aromatic N) is 3. The second kappa shape index (κ2) is 5.46. The van der Waals surface area contributed by atoms with Crippen LogP contribution in [0.2, 0.25) is 0 Å². The zero-order chi connectivity index (χ0) is 11.4. The summed E-state index contributed by atoms with van der Waals surface area (Å²) in [6.07, 6.45) is 6.50. The molecule has 0 radical (unpaired) electrons. The van der Waals surface area contributed by atoms with E-state index in [1.165, 1.54) is 25.1 Å². The van der Waals surface area contributed by atoms with E-state index in [1.54, 1.807) is 0 Å². The molecule has 1 fully saturated rings. The third-order valence-electron chi connectivity index (χ3n) is 3.44. The van der Waals surface area contributed by atoms with Gasteiger partial charge in [0.15, 0.2) is 0 Å². The molecule has 16 heavy (non-hydrogen) atoms. The van der Waals surface area contributed by atoms with E-state index in [9.17, 15) is 0 Å². The fourth-order valence-corrected chi connectivity index (χ4v) is 2.36. The van der Waals surface area contributed by atoms with E-state index in [2.05, 4.69) is 33.7 Å². The summed E-state index contributed by atoms with van der Waals surface area (Å²) in [6, 6.07) is 0.675. The van der Waals surface area contributed by atoms with Gasteiger partial charge < -0.3 is 9.88 Å². The molecule has 1 atom stereocenters. The van der Waals surface area contributed by atoms with E-state index in [0.717, 1.165) is 19.6 Å². The van der Waals surface area contributed by atoms with E-state index >= 15 is 0 Å². The van der Waals surface area contributed by atoms with E-state index in [4.69, 9.17) is 0 Å². The lowest BCUT2D eigenvalue weighted by Crippen LogP contribution is -2.43. The maximum atomic E-state index is 4.21. The highest BCUT2D eigenvalue weighted by molar-refractivity contribution is 4.98. The largest absolute Gasteiger partial charge is 0.334 e. The number of nitrogens with one attached hydrogen (secondary N) is 1. The third kappa shape index (κ3) is 2.62. The molecule has 1 aliphatic rings. The van der Waals surface area contributed by atoms with Crippen molar-refractivity contribution in [1.82, 2.24) is 19.8 Å². The second-order valence-corrected chi connectivity index (χ2v) is 4.59. The van der Waals surface area contributed by atoms with Crippen molar-refractivity contribution in [2.75, 3.05) is 20.1 Å². The molecule has 2 rings (SSSR count). The van der Waals surface area contributed by atoms with E-state index in [0.29, 0.717) is 6.04 Å². The molecule has 1 aromatic heterocycles. The minimum absolute atomic E-state index is 0.675. The van der Waals surface area contributed by atoms with Crippen LogP contribution in [0.25, 0.3) is 0 Å². The summed E-state index contributed by atoms with van der Waals surface area (Å²) >= 11 is 0. The molecule has 1 unspecified atom stereocenters. The summed E-state index contributed by atoms with van der Waals surface area (Å²) < 4.78 is 2.22. The van der Waals surface area contributed by atoms with Crippen LogP contribution in [0.5, 0.6) is 0 Å². The first-order valence-electron chi connectivity index (χ1n) is 6.21. The molecule has 4 heteroatoms. The molecule has 90 valence electrons. The Morgan fingerprint density at radius 3 is 3.19 bits per heavy atom. The van der Waals surface area contributed by atoms with Gasteiger partial charge in [-0.1, -0.05) is 0 Å². The first kappa shape index (κ1) is 11.6. The Morgan fingerprint density at radius 2 is 2.50 bits per heavy atom. The third-order valence-corrected chi connectivity index (χ3v) is 3.44. The van der Waals surface area contributed by atoms with Crippen LogP contribution in [0.4, 0.5) is 0 Å². The topological polar surface area (TPSA) is 33.1 Å². The molecule has 0 aromatic carbocycles. The smallest absolute Gasteiger partial charge is 0.0948 e. The van der Waals surface area contributed by atoms with Crippen LogP contribution in [0.3, 0.4) is 0 Å². The van der Waals surface area contributed by atoms with Gasteiger partial charge in [-0.25, -0.2) is 4.98 Å². The number of piperidine rings is 1. The summed E-state index contributed by atoms with van der Waals surface area (Å²) in [7, 11) is 2.21. The van der Waals surface area contributed by atoms with Gasteiger partial charge in [-0.15, -0.1) is 0 Å². The highest BCUT2D eigenvalue weighted by Gasteiger charge is 2.18. The van der Waals surface area contributed by atoms with Crippen LogP contribution in [-0.2, 0) is 13.1 Å². The van der Waals surface area contributed by atoms with Gasteiger partial charge in [0.25, 0.3) is 0 Å². The predicted molar refractivity (Wildman–Crippen MR) is 65.3 cm³/mol. The number of aryl methyl sites for hydroxylation is 1. The lowest BCUT2D eigenvalue weighted by molar-refractivity contribution is 0.192. The molecule has 0 bridgehead atoms. The van der Waals surface area contributed by atoms with Gasteiger partial charge in [-0.05, 0) is 33.4 Å². The number of hydrogen-bond donors (Lipinski definition) is 1. The lowest BCUT2D eigenvalue weighted by Gasteiger charge is -2.31. The van der Waals surface area contributed by atoms with Gasteiger partial charge in [0.1, 0.15) is 0 Å². The number of hydrogen-bond acceptors (Lipinski definition) is 3. The molecule has 1 aliphatic heterocycles. The highest BCUT2D eigenvalue weighted by Crippen LogP contribution is 2.12. The summed E-state index contributed by atoms with van der Waals surface area (Å²) in [4.78, 5) is 6.65. The second-order valence-electron chi connectivity index (χ2n) is 4.59. The van der Waals surface area contributed by atoms with Crippen molar-refractivity contribution in [3.8, 4) is 0 Å². The quantitative estimate of drug-likeness (QED) is 0.828. The Labute approximate surface area is 97.7 Å². The Kier molecular flexibility index (Phi) is 3.96. The van der Waals surface area contributed by atoms with Crippen molar-refractivity contribution in [3.05, 3.63) is 18.2 Å². The van der Waals surface area contributed by atoms with Crippen LogP contribution in [-0.4, -0.2) is 40.6 Å². The lowest BCUT2D eigenvalue weighted by atomic mass is 10.1. The Morgan fingerprint density at radius 1 is 1.62 bits per heavy atom. The van der Waals surface area contributed by atoms with Crippen LogP contribution in [0.15, 0.2) is 12.5 Å². The average Bonchev–Trinajstić information content (AvgIpc) is 2.77. The molecular formula is C12H22N4. The molecule has 4 nitrogen and oxygen atoms in total. The first-order chi connectivity index (χ1) is 7.81. The van der Waals surface area contributed by atoms with Gasteiger partial charge >= 0.3 is 0 Å². The van der Waals surface area contributed by atoms with Crippen LogP contribution >= 0.6 is 0 Å². The molecule has 1 aromatic rings. The molecule has 2 heterocycles. The minimum Gasteiger partial charge on any atom is -0.334 e. The predicted octanol–water partition coefficient (Wildman–Crippen LogP) is 1.09. The van der Waals surface area contributed by atoms with E-state index < -0.39 is 0 Å². The Hall–Kier alpha value is -0.870. The van der Waals surface area contributed by atoms with Crippen LogP contribution in [0, 0.1) is 0 Å². The van der Waals surface area contributed by atoms with Crippen molar-refractivity contribution < 1.29 is 0 Å².